The number of aromatic nitrogens is 1. The average Bonchev–Trinajstić information content (AvgIpc) is 2.35. The van der Waals surface area contributed by atoms with Crippen molar-refractivity contribution < 1.29 is 9.84 Å². The summed E-state index contributed by atoms with van der Waals surface area (Å²) in [5, 5.41) is 12.5. The van der Waals surface area contributed by atoms with E-state index in [1.165, 1.54) is 0 Å². The Balaban J connectivity index is 2.77. The Hall–Kier alpha value is -1.49. The first-order valence-electron chi connectivity index (χ1n) is 6.35. The van der Waals surface area contributed by atoms with Crippen LogP contribution < -0.4 is 15.8 Å². The van der Waals surface area contributed by atoms with E-state index in [0.717, 1.165) is 6.42 Å². The lowest BCUT2D eigenvalue weighted by molar-refractivity contribution is 0.248. The number of rotatable bonds is 7. The third kappa shape index (κ3) is 4.07. The van der Waals surface area contributed by atoms with Gasteiger partial charge < -0.3 is 20.9 Å². The van der Waals surface area contributed by atoms with E-state index in [4.69, 9.17) is 10.5 Å². The van der Waals surface area contributed by atoms with Crippen LogP contribution in [0, 0.1) is 5.92 Å². The van der Waals surface area contributed by atoms with Crippen LogP contribution in [-0.4, -0.2) is 29.3 Å². The zero-order valence-electron chi connectivity index (χ0n) is 11.3. The van der Waals surface area contributed by atoms with Gasteiger partial charge in [-0.3, -0.25) is 0 Å². The van der Waals surface area contributed by atoms with Crippen LogP contribution in [0.2, 0.25) is 0 Å². The number of nitrogens with one attached hydrogen (secondary N) is 1. The largest absolute Gasteiger partial charge is 0.476 e. The minimum absolute atomic E-state index is 0.0276. The SMILES string of the molecule is CCCOc1nc(N[C@H](CO)C(C)C)ccc1N. The molecule has 1 aromatic heterocycles. The highest BCUT2D eigenvalue weighted by molar-refractivity contribution is 5.53. The zero-order valence-corrected chi connectivity index (χ0v) is 11.3. The van der Waals surface area contributed by atoms with E-state index in [1.807, 2.05) is 20.8 Å². The van der Waals surface area contributed by atoms with Gasteiger partial charge in [0, 0.05) is 0 Å². The molecule has 0 aromatic carbocycles. The van der Waals surface area contributed by atoms with E-state index in [2.05, 4.69) is 10.3 Å². The summed E-state index contributed by atoms with van der Waals surface area (Å²) < 4.78 is 5.46. The first-order chi connectivity index (χ1) is 8.58. The van der Waals surface area contributed by atoms with E-state index in [0.29, 0.717) is 29.9 Å². The summed E-state index contributed by atoms with van der Waals surface area (Å²) in [7, 11) is 0. The van der Waals surface area contributed by atoms with Crippen LogP contribution in [0.5, 0.6) is 5.88 Å². The lowest BCUT2D eigenvalue weighted by Gasteiger charge is -2.21. The van der Waals surface area contributed by atoms with E-state index in [-0.39, 0.29) is 12.6 Å². The van der Waals surface area contributed by atoms with E-state index in [1.54, 1.807) is 12.1 Å². The van der Waals surface area contributed by atoms with Gasteiger partial charge in [-0.1, -0.05) is 20.8 Å². The molecule has 5 nitrogen and oxygen atoms in total. The fraction of sp³-hybridized carbons (Fsp3) is 0.615. The highest BCUT2D eigenvalue weighted by Crippen LogP contribution is 2.22. The zero-order chi connectivity index (χ0) is 13.5. The number of pyridine rings is 1. The number of anilines is 2. The van der Waals surface area contributed by atoms with Gasteiger partial charge in [0.05, 0.1) is 24.9 Å². The number of ether oxygens (including phenoxy) is 1. The fourth-order valence-corrected chi connectivity index (χ4v) is 1.46. The summed E-state index contributed by atoms with van der Waals surface area (Å²) in [6.07, 6.45) is 0.907. The minimum atomic E-state index is -0.0276. The lowest BCUT2D eigenvalue weighted by Crippen LogP contribution is -2.29. The molecule has 0 amide bonds. The molecule has 1 atom stereocenters. The highest BCUT2D eigenvalue weighted by Gasteiger charge is 2.13. The van der Waals surface area contributed by atoms with E-state index >= 15 is 0 Å². The molecule has 1 aromatic rings. The first kappa shape index (κ1) is 14.6. The van der Waals surface area contributed by atoms with Crippen molar-refractivity contribution >= 4 is 11.5 Å². The molecule has 5 heteroatoms. The van der Waals surface area contributed by atoms with Gasteiger partial charge in [-0.15, -0.1) is 0 Å². The summed E-state index contributed by atoms with van der Waals surface area (Å²) >= 11 is 0. The monoisotopic (exact) mass is 253 g/mol. The molecule has 4 N–H and O–H groups in total. The second kappa shape index (κ2) is 7.06. The normalized spacial score (nSPS) is 12.5. The number of aliphatic hydroxyl groups excluding tert-OH is 1. The van der Waals surface area contributed by atoms with E-state index < -0.39 is 0 Å². The molecular weight excluding hydrogens is 230 g/mol. The van der Waals surface area contributed by atoms with Crippen molar-refractivity contribution in [1.29, 1.82) is 0 Å². The maximum Gasteiger partial charge on any atom is 0.239 e. The minimum Gasteiger partial charge on any atom is -0.476 e. The van der Waals surface area contributed by atoms with Crippen LogP contribution in [0.4, 0.5) is 11.5 Å². The Morgan fingerprint density at radius 1 is 1.44 bits per heavy atom. The van der Waals surface area contributed by atoms with Gasteiger partial charge in [0.15, 0.2) is 0 Å². The fourth-order valence-electron chi connectivity index (χ4n) is 1.46. The molecule has 102 valence electrons. The van der Waals surface area contributed by atoms with Gasteiger partial charge >= 0.3 is 0 Å². The molecule has 18 heavy (non-hydrogen) atoms. The van der Waals surface area contributed by atoms with Crippen molar-refractivity contribution in [3.8, 4) is 5.88 Å². The van der Waals surface area contributed by atoms with Gasteiger partial charge in [0.25, 0.3) is 0 Å². The average molecular weight is 253 g/mol. The standard InChI is InChI=1S/C13H23N3O2/c1-4-7-18-13-10(14)5-6-12(16-13)15-11(8-17)9(2)3/h5-6,9,11,17H,4,7-8,14H2,1-3H3,(H,15,16)/t11-/m1/s1. The molecule has 0 radical (unpaired) electrons. The molecule has 0 bridgehead atoms. The Morgan fingerprint density at radius 3 is 2.72 bits per heavy atom. The van der Waals surface area contributed by atoms with Crippen molar-refractivity contribution in [2.45, 2.75) is 33.2 Å². The molecule has 0 fully saturated rings. The van der Waals surface area contributed by atoms with Gasteiger partial charge in [0.2, 0.25) is 5.88 Å². The number of nitrogens with zero attached hydrogens (tertiary/aromatic N) is 1. The van der Waals surface area contributed by atoms with Crippen molar-refractivity contribution in [3.05, 3.63) is 12.1 Å². The molecule has 0 unspecified atom stereocenters. The molecular formula is C13H23N3O2. The van der Waals surface area contributed by atoms with Crippen LogP contribution in [-0.2, 0) is 0 Å². The van der Waals surface area contributed by atoms with Gasteiger partial charge in [-0.2, -0.15) is 4.98 Å². The summed E-state index contributed by atoms with van der Waals surface area (Å²) in [4.78, 5) is 4.31. The maximum absolute atomic E-state index is 9.28. The molecule has 0 spiro atoms. The van der Waals surface area contributed by atoms with E-state index in [9.17, 15) is 5.11 Å². The van der Waals surface area contributed by atoms with Crippen LogP contribution >= 0.6 is 0 Å². The Labute approximate surface area is 108 Å². The predicted molar refractivity (Wildman–Crippen MR) is 73.8 cm³/mol. The smallest absolute Gasteiger partial charge is 0.239 e. The third-order valence-electron chi connectivity index (χ3n) is 2.67. The quantitative estimate of drug-likeness (QED) is 0.691. The number of hydrogen-bond donors (Lipinski definition) is 3. The Morgan fingerprint density at radius 2 is 2.17 bits per heavy atom. The summed E-state index contributed by atoms with van der Waals surface area (Å²) in [5.41, 5.74) is 6.32. The second-order valence-corrected chi connectivity index (χ2v) is 4.62. The first-order valence-corrected chi connectivity index (χ1v) is 6.35. The maximum atomic E-state index is 9.28. The lowest BCUT2D eigenvalue weighted by atomic mass is 10.1. The van der Waals surface area contributed by atoms with Gasteiger partial charge in [0.1, 0.15) is 5.82 Å². The summed E-state index contributed by atoms with van der Waals surface area (Å²) in [5.74, 6) is 1.43. The highest BCUT2D eigenvalue weighted by atomic mass is 16.5. The summed E-state index contributed by atoms with van der Waals surface area (Å²) in [6, 6.07) is 3.52. The number of aliphatic hydroxyl groups is 1. The molecule has 0 aliphatic heterocycles. The Bertz CT molecular complexity index is 369. The molecule has 0 saturated carbocycles. The number of nitrogen functional groups attached to an aromatic ring is 1. The Kier molecular flexibility index (Phi) is 5.71. The molecule has 0 aliphatic carbocycles. The van der Waals surface area contributed by atoms with Crippen molar-refractivity contribution in [2.24, 2.45) is 5.92 Å². The summed E-state index contributed by atoms with van der Waals surface area (Å²) in [6.45, 7) is 6.77. The van der Waals surface area contributed by atoms with Crippen LogP contribution in [0.25, 0.3) is 0 Å². The van der Waals surface area contributed by atoms with Crippen molar-refractivity contribution in [2.75, 3.05) is 24.3 Å². The number of hydrogen-bond acceptors (Lipinski definition) is 5. The van der Waals surface area contributed by atoms with Crippen molar-refractivity contribution in [1.82, 2.24) is 4.98 Å². The molecule has 0 saturated heterocycles. The number of nitrogens with two attached hydrogens (primary N) is 1. The van der Waals surface area contributed by atoms with Gasteiger partial charge in [-0.05, 0) is 24.5 Å². The molecule has 1 rings (SSSR count). The second-order valence-electron chi connectivity index (χ2n) is 4.62. The van der Waals surface area contributed by atoms with Crippen LogP contribution in [0.15, 0.2) is 12.1 Å². The van der Waals surface area contributed by atoms with Crippen LogP contribution in [0.1, 0.15) is 27.2 Å². The predicted octanol–water partition coefficient (Wildman–Crippen LogP) is 1.88. The van der Waals surface area contributed by atoms with Gasteiger partial charge in [-0.25, -0.2) is 0 Å². The molecule has 1 heterocycles. The molecule has 0 aliphatic rings. The third-order valence-corrected chi connectivity index (χ3v) is 2.67. The van der Waals surface area contributed by atoms with Crippen LogP contribution in [0.3, 0.4) is 0 Å². The van der Waals surface area contributed by atoms with Crippen molar-refractivity contribution in [3.63, 3.8) is 0 Å². The topological polar surface area (TPSA) is 80.4 Å².